The van der Waals surface area contributed by atoms with E-state index in [0.717, 1.165) is 0 Å². The molecule has 6 nitrogen and oxygen atoms in total. The number of hydrogen-bond donors (Lipinski definition) is 1. The van der Waals surface area contributed by atoms with Crippen molar-refractivity contribution in [3.8, 4) is 0 Å². The maximum absolute atomic E-state index is 11.9. The van der Waals surface area contributed by atoms with Crippen LogP contribution in [0.1, 0.15) is 30.6 Å². The first-order valence-electron chi connectivity index (χ1n) is 6.25. The average molecular weight is 301 g/mol. The summed E-state index contributed by atoms with van der Waals surface area (Å²) in [7, 11) is 0. The molecule has 0 heterocycles. The second-order valence-corrected chi connectivity index (χ2v) is 4.88. The smallest absolute Gasteiger partial charge is 0.282 e. The molecule has 0 atom stereocenters. The molecule has 1 amide bonds. The van der Waals surface area contributed by atoms with E-state index < -0.39 is 10.8 Å². The third-order valence-corrected chi connectivity index (χ3v) is 2.69. The Morgan fingerprint density at radius 2 is 2.20 bits per heavy atom. The van der Waals surface area contributed by atoms with Gasteiger partial charge in [0.2, 0.25) is 0 Å². The monoisotopic (exact) mass is 300 g/mol. The number of halogens is 1. The SMILES string of the molecule is CC(C)OCCCNC(=O)c1cc(Cl)ccc1[N+](=O)[O-]. The first-order chi connectivity index (χ1) is 9.41. The minimum atomic E-state index is -0.604. The molecule has 1 aromatic carbocycles. The van der Waals surface area contributed by atoms with Gasteiger partial charge < -0.3 is 10.1 Å². The summed E-state index contributed by atoms with van der Waals surface area (Å²) in [6.07, 6.45) is 0.776. The van der Waals surface area contributed by atoms with Gasteiger partial charge in [-0.25, -0.2) is 0 Å². The number of hydrogen-bond acceptors (Lipinski definition) is 4. The molecule has 7 heteroatoms. The fraction of sp³-hybridized carbons (Fsp3) is 0.462. The van der Waals surface area contributed by atoms with Crippen molar-refractivity contribution in [1.29, 1.82) is 0 Å². The fourth-order valence-corrected chi connectivity index (χ4v) is 1.71. The van der Waals surface area contributed by atoms with Gasteiger partial charge in [0.25, 0.3) is 11.6 Å². The van der Waals surface area contributed by atoms with Gasteiger partial charge in [-0.3, -0.25) is 14.9 Å². The summed E-state index contributed by atoms with van der Waals surface area (Å²) in [4.78, 5) is 22.2. The van der Waals surface area contributed by atoms with Gasteiger partial charge >= 0.3 is 0 Å². The van der Waals surface area contributed by atoms with E-state index in [0.29, 0.717) is 19.6 Å². The van der Waals surface area contributed by atoms with Crippen molar-refractivity contribution in [2.24, 2.45) is 0 Å². The lowest BCUT2D eigenvalue weighted by molar-refractivity contribution is -0.385. The van der Waals surface area contributed by atoms with Crippen LogP contribution in [0.2, 0.25) is 5.02 Å². The van der Waals surface area contributed by atoms with Gasteiger partial charge in [0, 0.05) is 24.2 Å². The van der Waals surface area contributed by atoms with Crippen LogP contribution < -0.4 is 5.32 Å². The van der Waals surface area contributed by atoms with Crippen molar-refractivity contribution >= 4 is 23.2 Å². The lowest BCUT2D eigenvalue weighted by Crippen LogP contribution is -2.26. The van der Waals surface area contributed by atoms with Gasteiger partial charge in [0.15, 0.2) is 0 Å². The molecule has 1 aromatic rings. The summed E-state index contributed by atoms with van der Waals surface area (Å²) in [5, 5.41) is 13.7. The first kappa shape index (κ1) is 16.4. The van der Waals surface area contributed by atoms with E-state index in [1.165, 1.54) is 18.2 Å². The lowest BCUT2D eigenvalue weighted by Gasteiger charge is -2.08. The Morgan fingerprint density at radius 1 is 1.50 bits per heavy atom. The van der Waals surface area contributed by atoms with Crippen molar-refractivity contribution in [3.05, 3.63) is 38.9 Å². The molecule has 0 unspecified atom stereocenters. The zero-order valence-corrected chi connectivity index (χ0v) is 12.1. The highest BCUT2D eigenvalue weighted by molar-refractivity contribution is 6.31. The molecule has 0 aliphatic heterocycles. The number of nitrogens with zero attached hydrogens (tertiary/aromatic N) is 1. The van der Waals surface area contributed by atoms with E-state index >= 15 is 0 Å². The number of nitrogens with one attached hydrogen (secondary N) is 1. The van der Waals surface area contributed by atoms with Crippen LogP contribution in [-0.2, 0) is 4.74 Å². The summed E-state index contributed by atoms with van der Waals surface area (Å²) in [6.45, 7) is 4.76. The van der Waals surface area contributed by atoms with Crippen LogP contribution in [0.5, 0.6) is 0 Å². The topological polar surface area (TPSA) is 81.5 Å². The zero-order valence-electron chi connectivity index (χ0n) is 11.4. The molecule has 0 aromatic heterocycles. The van der Waals surface area contributed by atoms with Crippen molar-refractivity contribution in [2.75, 3.05) is 13.2 Å². The Hall–Kier alpha value is -1.66. The van der Waals surface area contributed by atoms with Crippen molar-refractivity contribution in [3.63, 3.8) is 0 Å². The van der Waals surface area contributed by atoms with Gasteiger partial charge in [-0.1, -0.05) is 11.6 Å². The number of nitro benzene ring substituents is 1. The fourth-order valence-electron chi connectivity index (χ4n) is 1.54. The van der Waals surface area contributed by atoms with E-state index in [2.05, 4.69) is 5.32 Å². The molecular formula is C13H17ClN2O4. The largest absolute Gasteiger partial charge is 0.379 e. The van der Waals surface area contributed by atoms with Crippen LogP contribution >= 0.6 is 11.6 Å². The maximum atomic E-state index is 11.9. The number of ether oxygens (including phenoxy) is 1. The van der Waals surface area contributed by atoms with Gasteiger partial charge in [0.05, 0.1) is 11.0 Å². The molecule has 0 aliphatic carbocycles. The third-order valence-electron chi connectivity index (χ3n) is 2.46. The van der Waals surface area contributed by atoms with Gasteiger partial charge in [-0.05, 0) is 32.4 Å². The molecule has 0 spiro atoms. The Morgan fingerprint density at radius 3 is 2.80 bits per heavy atom. The quantitative estimate of drug-likeness (QED) is 0.477. The number of carbonyl (C=O) groups excluding carboxylic acids is 1. The Kier molecular flexibility index (Phi) is 6.41. The summed E-state index contributed by atoms with van der Waals surface area (Å²) in [6, 6.07) is 3.89. The van der Waals surface area contributed by atoms with Crippen LogP contribution in [0.25, 0.3) is 0 Å². The normalized spacial score (nSPS) is 10.6. The average Bonchev–Trinajstić information content (AvgIpc) is 2.37. The first-order valence-corrected chi connectivity index (χ1v) is 6.63. The summed E-state index contributed by atoms with van der Waals surface area (Å²) in [5.74, 6) is -0.510. The van der Waals surface area contributed by atoms with E-state index in [9.17, 15) is 14.9 Å². The van der Waals surface area contributed by atoms with Gasteiger partial charge in [0.1, 0.15) is 5.56 Å². The van der Waals surface area contributed by atoms with Crippen LogP contribution in [0, 0.1) is 10.1 Å². The molecule has 0 bridgehead atoms. The minimum Gasteiger partial charge on any atom is -0.379 e. The molecule has 0 saturated carbocycles. The van der Waals surface area contributed by atoms with E-state index in [1.807, 2.05) is 13.8 Å². The predicted octanol–water partition coefficient (Wildman–Crippen LogP) is 2.79. The van der Waals surface area contributed by atoms with Gasteiger partial charge in [-0.2, -0.15) is 0 Å². The maximum Gasteiger partial charge on any atom is 0.282 e. The molecule has 0 aliphatic rings. The van der Waals surface area contributed by atoms with Crippen molar-refractivity contribution < 1.29 is 14.5 Å². The summed E-state index contributed by atoms with van der Waals surface area (Å²) in [5.41, 5.74) is -0.294. The Bertz CT molecular complexity index is 491. The summed E-state index contributed by atoms with van der Waals surface area (Å²) >= 11 is 5.76. The molecule has 1 rings (SSSR count). The molecule has 20 heavy (non-hydrogen) atoms. The van der Waals surface area contributed by atoms with E-state index in [-0.39, 0.29) is 22.4 Å². The minimum absolute atomic E-state index is 0.0349. The summed E-state index contributed by atoms with van der Waals surface area (Å²) < 4.78 is 5.33. The highest BCUT2D eigenvalue weighted by Gasteiger charge is 2.19. The van der Waals surface area contributed by atoms with Crippen LogP contribution in [0.4, 0.5) is 5.69 Å². The molecule has 1 N–H and O–H groups in total. The standard InChI is InChI=1S/C13H17ClN2O4/c1-9(2)20-7-3-6-15-13(17)11-8-10(14)4-5-12(11)16(18)19/h4-5,8-9H,3,6-7H2,1-2H3,(H,15,17). The number of carbonyl (C=O) groups is 1. The highest BCUT2D eigenvalue weighted by atomic mass is 35.5. The second-order valence-electron chi connectivity index (χ2n) is 4.45. The van der Waals surface area contributed by atoms with Gasteiger partial charge in [-0.15, -0.1) is 0 Å². The van der Waals surface area contributed by atoms with E-state index in [1.54, 1.807) is 0 Å². The number of amides is 1. The number of benzene rings is 1. The predicted molar refractivity (Wildman–Crippen MR) is 76.1 cm³/mol. The molecule has 110 valence electrons. The van der Waals surface area contributed by atoms with Crippen molar-refractivity contribution in [2.45, 2.75) is 26.4 Å². The van der Waals surface area contributed by atoms with Crippen LogP contribution in [-0.4, -0.2) is 30.1 Å². The van der Waals surface area contributed by atoms with Crippen LogP contribution in [0.3, 0.4) is 0 Å². The molecular weight excluding hydrogens is 284 g/mol. The molecule has 0 fully saturated rings. The van der Waals surface area contributed by atoms with Crippen molar-refractivity contribution in [1.82, 2.24) is 5.32 Å². The lowest BCUT2D eigenvalue weighted by atomic mass is 10.1. The molecule has 0 saturated heterocycles. The van der Waals surface area contributed by atoms with Crippen LogP contribution in [0.15, 0.2) is 18.2 Å². The Balaban J connectivity index is 2.59. The molecule has 0 radical (unpaired) electrons. The second kappa shape index (κ2) is 7.81. The van der Waals surface area contributed by atoms with E-state index in [4.69, 9.17) is 16.3 Å². The highest BCUT2D eigenvalue weighted by Crippen LogP contribution is 2.22. The number of nitro groups is 1. The third kappa shape index (κ3) is 5.14. The zero-order chi connectivity index (χ0) is 15.1. The Labute approximate surface area is 122 Å². The number of rotatable bonds is 7.